The molecule has 2 rings (SSSR count). The maximum Gasteiger partial charge on any atom is 0.328 e. The van der Waals surface area contributed by atoms with Crippen LogP contribution in [0, 0.1) is 5.41 Å². The molecule has 0 aliphatic carbocycles. The van der Waals surface area contributed by atoms with Crippen LogP contribution in [0.15, 0.2) is 35.9 Å². The van der Waals surface area contributed by atoms with Crippen molar-refractivity contribution < 1.29 is 14.6 Å². The van der Waals surface area contributed by atoms with Gasteiger partial charge in [-0.25, -0.2) is 4.79 Å². The van der Waals surface area contributed by atoms with Gasteiger partial charge in [0.15, 0.2) is 0 Å². The molecule has 1 aromatic carbocycles. The van der Waals surface area contributed by atoms with E-state index in [1.54, 1.807) is 6.92 Å². The first kappa shape index (κ1) is 15.3. The molecule has 0 aromatic heterocycles. The number of para-hydroxylation sites is 1. The van der Waals surface area contributed by atoms with Crippen LogP contribution in [0.5, 0.6) is 0 Å². The third-order valence-electron chi connectivity index (χ3n) is 3.43. The van der Waals surface area contributed by atoms with Crippen LogP contribution >= 0.6 is 0 Å². The summed E-state index contributed by atoms with van der Waals surface area (Å²) in [6.45, 7) is 2.37. The van der Waals surface area contributed by atoms with Crippen LogP contribution in [0.1, 0.15) is 31.7 Å². The Morgan fingerprint density at radius 3 is 2.86 bits per heavy atom. The Kier molecular flexibility index (Phi) is 5.11. The van der Waals surface area contributed by atoms with Gasteiger partial charge in [0.2, 0.25) is 0 Å². The second-order valence-electron chi connectivity index (χ2n) is 5.09. The molecule has 1 fully saturated rings. The number of aliphatic carboxylic acids is 1. The molecule has 112 valence electrons. The van der Waals surface area contributed by atoms with Crippen molar-refractivity contribution in [3.05, 3.63) is 41.5 Å². The van der Waals surface area contributed by atoms with Gasteiger partial charge in [-0.3, -0.25) is 5.41 Å². The van der Waals surface area contributed by atoms with E-state index in [1.165, 1.54) is 0 Å². The highest BCUT2D eigenvalue weighted by atomic mass is 16.5. The molecule has 0 bridgehead atoms. The third-order valence-corrected chi connectivity index (χ3v) is 3.43. The zero-order valence-electron chi connectivity index (χ0n) is 12.1. The highest BCUT2D eigenvalue weighted by molar-refractivity contribution is 6.15. The molecule has 1 atom stereocenters. The molecular weight excluding hydrogens is 268 g/mol. The van der Waals surface area contributed by atoms with E-state index in [9.17, 15) is 4.79 Å². The maximum atomic E-state index is 10.7. The van der Waals surface area contributed by atoms with Gasteiger partial charge in [0.1, 0.15) is 6.23 Å². The van der Waals surface area contributed by atoms with Crippen molar-refractivity contribution in [2.45, 2.75) is 32.4 Å². The van der Waals surface area contributed by atoms with Crippen LogP contribution in [-0.4, -0.2) is 29.6 Å². The molecule has 3 N–H and O–H groups in total. The number of hydrogen-bond donors (Lipinski definition) is 3. The van der Waals surface area contributed by atoms with Crippen LogP contribution in [0.25, 0.3) is 0 Å². The van der Waals surface area contributed by atoms with Gasteiger partial charge in [-0.1, -0.05) is 18.2 Å². The Morgan fingerprint density at radius 2 is 2.19 bits per heavy atom. The van der Waals surface area contributed by atoms with E-state index < -0.39 is 5.97 Å². The predicted molar refractivity (Wildman–Crippen MR) is 81.9 cm³/mol. The highest BCUT2D eigenvalue weighted by Crippen LogP contribution is 2.22. The largest absolute Gasteiger partial charge is 0.478 e. The fourth-order valence-electron chi connectivity index (χ4n) is 2.32. The standard InChI is InChI=1S/C16H20N2O3/c1-11(10-15(19)20)16(17)12-6-2-3-7-13(12)18-14-8-4-5-9-21-14/h2-3,6-7,10,14,17-18H,4-5,8-9H2,1H3,(H,19,20)/b11-10+,17-16?. The summed E-state index contributed by atoms with van der Waals surface area (Å²) in [6.07, 6.45) is 4.14. The number of rotatable bonds is 5. The van der Waals surface area contributed by atoms with Crippen molar-refractivity contribution in [2.75, 3.05) is 11.9 Å². The number of nitrogens with one attached hydrogen (secondary N) is 2. The SMILES string of the molecule is C/C(=C\C(=O)O)C(=N)c1ccccc1NC1CCCCO1. The molecule has 5 nitrogen and oxygen atoms in total. The van der Waals surface area contributed by atoms with Gasteiger partial charge in [-0.15, -0.1) is 0 Å². The number of carboxylic acids is 1. The average Bonchev–Trinajstić information content (AvgIpc) is 2.47. The number of carboxylic acid groups (broad SMARTS) is 1. The van der Waals surface area contributed by atoms with Crippen LogP contribution in [0.4, 0.5) is 5.69 Å². The van der Waals surface area contributed by atoms with E-state index in [2.05, 4.69) is 5.32 Å². The monoisotopic (exact) mass is 288 g/mol. The Bertz CT molecular complexity index is 560. The zero-order valence-corrected chi connectivity index (χ0v) is 12.1. The van der Waals surface area contributed by atoms with Crippen LogP contribution in [0.2, 0.25) is 0 Å². The first-order valence-electron chi connectivity index (χ1n) is 7.05. The maximum absolute atomic E-state index is 10.7. The Balaban J connectivity index is 2.19. The highest BCUT2D eigenvalue weighted by Gasteiger charge is 2.16. The lowest BCUT2D eigenvalue weighted by Gasteiger charge is -2.25. The fraction of sp³-hybridized carbons (Fsp3) is 0.375. The summed E-state index contributed by atoms with van der Waals surface area (Å²) in [4.78, 5) is 10.7. The second kappa shape index (κ2) is 7.04. The number of ether oxygens (including phenoxy) is 1. The second-order valence-corrected chi connectivity index (χ2v) is 5.09. The lowest BCUT2D eigenvalue weighted by atomic mass is 10.0. The third kappa shape index (κ3) is 4.16. The van der Waals surface area contributed by atoms with Crippen molar-refractivity contribution in [3.8, 4) is 0 Å². The van der Waals surface area contributed by atoms with Gasteiger partial charge >= 0.3 is 5.97 Å². The van der Waals surface area contributed by atoms with Crippen LogP contribution in [0.3, 0.4) is 0 Å². The fourth-order valence-corrected chi connectivity index (χ4v) is 2.32. The minimum atomic E-state index is -1.04. The Labute approximate surface area is 124 Å². The van der Waals surface area contributed by atoms with Crippen molar-refractivity contribution in [3.63, 3.8) is 0 Å². The molecule has 1 saturated heterocycles. The van der Waals surface area contributed by atoms with E-state index >= 15 is 0 Å². The summed E-state index contributed by atoms with van der Waals surface area (Å²) >= 11 is 0. The molecule has 1 heterocycles. The van der Waals surface area contributed by atoms with Gasteiger partial charge in [0.05, 0.1) is 5.71 Å². The van der Waals surface area contributed by atoms with Gasteiger partial charge in [-0.2, -0.15) is 0 Å². The Hall–Kier alpha value is -2.14. The molecular formula is C16H20N2O3. The summed E-state index contributed by atoms with van der Waals surface area (Å²) < 4.78 is 5.65. The predicted octanol–water partition coefficient (Wildman–Crippen LogP) is 3.02. The smallest absolute Gasteiger partial charge is 0.328 e. The first-order chi connectivity index (χ1) is 10.1. The Morgan fingerprint density at radius 1 is 1.43 bits per heavy atom. The summed E-state index contributed by atoms with van der Waals surface area (Å²) in [5.41, 5.74) is 2.10. The summed E-state index contributed by atoms with van der Waals surface area (Å²) in [7, 11) is 0. The molecule has 21 heavy (non-hydrogen) atoms. The molecule has 0 amide bonds. The molecule has 1 aliphatic heterocycles. The van der Waals surface area contributed by atoms with Gasteiger partial charge < -0.3 is 15.2 Å². The molecule has 0 radical (unpaired) electrons. The van der Waals surface area contributed by atoms with Crippen LogP contribution < -0.4 is 5.32 Å². The van der Waals surface area contributed by atoms with E-state index in [-0.39, 0.29) is 11.9 Å². The summed E-state index contributed by atoms with van der Waals surface area (Å²) in [5.74, 6) is -1.04. The number of anilines is 1. The van der Waals surface area contributed by atoms with Crippen molar-refractivity contribution in [1.82, 2.24) is 0 Å². The van der Waals surface area contributed by atoms with Gasteiger partial charge in [0, 0.05) is 23.9 Å². The number of hydrogen-bond acceptors (Lipinski definition) is 4. The number of carbonyl (C=O) groups is 1. The lowest BCUT2D eigenvalue weighted by molar-refractivity contribution is -0.131. The zero-order chi connectivity index (χ0) is 15.2. The molecule has 5 heteroatoms. The lowest BCUT2D eigenvalue weighted by Crippen LogP contribution is -2.28. The van der Waals surface area contributed by atoms with Gasteiger partial charge in [0.25, 0.3) is 0 Å². The minimum absolute atomic E-state index is 0.0449. The normalized spacial score (nSPS) is 19.1. The van der Waals surface area contributed by atoms with Crippen molar-refractivity contribution in [1.29, 1.82) is 5.41 Å². The number of benzene rings is 1. The van der Waals surface area contributed by atoms with E-state index in [0.717, 1.165) is 37.6 Å². The quantitative estimate of drug-likeness (QED) is 0.574. The van der Waals surface area contributed by atoms with E-state index in [4.69, 9.17) is 15.3 Å². The minimum Gasteiger partial charge on any atom is -0.478 e. The molecule has 1 aromatic rings. The van der Waals surface area contributed by atoms with Crippen molar-refractivity contribution in [2.24, 2.45) is 0 Å². The van der Waals surface area contributed by atoms with Gasteiger partial charge in [-0.05, 0) is 37.8 Å². The first-order valence-corrected chi connectivity index (χ1v) is 7.05. The molecule has 0 spiro atoms. The molecule has 1 unspecified atom stereocenters. The molecule has 1 aliphatic rings. The number of allylic oxidation sites excluding steroid dienone is 1. The van der Waals surface area contributed by atoms with E-state index in [1.807, 2.05) is 24.3 Å². The topological polar surface area (TPSA) is 82.4 Å². The summed E-state index contributed by atoms with van der Waals surface area (Å²) in [5, 5.41) is 20.3. The molecule has 0 saturated carbocycles. The van der Waals surface area contributed by atoms with E-state index in [0.29, 0.717) is 11.1 Å². The van der Waals surface area contributed by atoms with Crippen LogP contribution in [-0.2, 0) is 9.53 Å². The summed E-state index contributed by atoms with van der Waals surface area (Å²) in [6, 6.07) is 7.42. The van der Waals surface area contributed by atoms with Crippen molar-refractivity contribution >= 4 is 17.4 Å². The average molecular weight is 288 g/mol.